The highest BCUT2D eigenvalue weighted by atomic mass is 14.5. The quantitative estimate of drug-likeness (QED) is 0.544. The predicted molar refractivity (Wildman–Crippen MR) is 50.4 cm³/mol. The third kappa shape index (κ3) is 0.682. The van der Waals surface area contributed by atoms with E-state index >= 15 is 0 Å². The topological polar surface area (TPSA) is 0 Å². The Morgan fingerprint density at radius 2 is 2.00 bits per heavy atom. The lowest BCUT2D eigenvalue weighted by Gasteiger charge is -2.05. The minimum absolute atomic E-state index is 0.649. The molecule has 12 heavy (non-hydrogen) atoms. The van der Waals surface area contributed by atoms with E-state index in [2.05, 4.69) is 31.2 Å². The summed E-state index contributed by atoms with van der Waals surface area (Å²) in [4.78, 5) is 0. The number of hydrogen-bond donors (Lipinski definition) is 0. The van der Waals surface area contributed by atoms with Crippen molar-refractivity contribution in [1.29, 1.82) is 0 Å². The molecular weight excluding hydrogens is 144 g/mol. The molecule has 0 bridgehead atoms. The molecule has 0 heteroatoms. The monoisotopic (exact) mass is 158 g/mol. The number of fused-ring (bicyclic) bond motifs is 2. The first-order valence-corrected chi connectivity index (χ1v) is 4.91. The van der Waals surface area contributed by atoms with Gasteiger partial charge in [-0.25, -0.2) is 0 Å². The first-order valence-electron chi connectivity index (χ1n) is 4.91. The molecular formula is C12H14. The molecule has 0 heterocycles. The van der Waals surface area contributed by atoms with Gasteiger partial charge < -0.3 is 0 Å². The van der Waals surface area contributed by atoms with Gasteiger partial charge >= 0.3 is 0 Å². The Hall–Kier alpha value is -0.780. The molecule has 0 N–H and O–H groups in total. The van der Waals surface area contributed by atoms with Gasteiger partial charge in [-0.05, 0) is 41.7 Å². The van der Waals surface area contributed by atoms with Crippen molar-refractivity contribution in [3.05, 3.63) is 35.4 Å². The third-order valence-electron chi connectivity index (χ3n) is 3.61. The molecule has 2 aliphatic rings. The van der Waals surface area contributed by atoms with E-state index < -0.39 is 0 Å². The highest BCUT2D eigenvalue weighted by Gasteiger charge is 2.50. The van der Waals surface area contributed by atoms with Crippen LogP contribution in [-0.4, -0.2) is 0 Å². The molecule has 0 aliphatic heterocycles. The van der Waals surface area contributed by atoms with Gasteiger partial charge in [0.05, 0.1) is 0 Å². The second-order valence-electron chi connectivity index (χ2n) is 4.47. The van der Waals surface area contributed by atoms with Crippen LogP contribution in [0.5, 0.6) is 0 Å². The molecule has 1 aromatic rings. The molecule has 62 valence electrons. The average molecular weight is 158 g/mol. The fourth-order valence-electron chi connectivity index (χ4n) is 2.84. The Bertz CT molecular complexity index is 321. The summed E-state index contributed by atoms with van der Waals surface area (Å²) in [5.74, 6) is 0.809. The molecule has 0 saturated heterocycles. The van der Waals surface area contributed by atoms with Crippen molar-refractivity contribution in [3.63, 3.8) is 0 Å². The van der Waals surface area contributed by atoms with Gasteiger partial charge in [-0.2, -0.15) is 0 Å². The summed E-state index contributed by atoms with van der Waals surface area (Å²) < 4.78 is 0. The lowest BCUT2D eigenvalue weighted by molar-refractivity contribution is 0.613. The SMILES string of the molecule is CC1CC2(CC2)c2ccccc21. The predicted octanol–water partition coefficient (Wildman–Crippen LogP) is 3.23. The van der Waals surface area contributed by atoms with Crippen molar-refractivity contribution in [3.8, 4) is 0 Å². The number of benzene rings is 1. The van der Waals surface area contributed by atoms with Crippen LogP contribution in [-0.2, 0) is 5.41 Å². The van der Waals surface area contributed by atoms with E-state index in [4.69, 9.17) is 0 Å². The Kier molecular flexibility index (Phi) is 1.08. The van der Waals surface area contributed by atoms with Crippen LogP contribution in [0.2, 0.25) is 0 Å². The van der Waals surface area contributed by atoms with Gasteiger partial charge in [0, 0.05) is 0 Å². The molecule has 3 rings (SSSR count). The standard InChI is InChI=1S/C12H14/c1-9-8-12(6-7-12)11-5-3-2-4-10(9)11/h2-5,9H,6-8H2,1H3. The fraction of sp³-hybridized carbons (Fsp3) is 0.500. The Morgan fingerprint density at radius 1 is 1.25 bits per heavy atom. The smallest absolute Gasteiger partial charge is 0.00378 e. The molecule has 1 aromatic carbocycles. The van der Waals surface area contributed by atoms with Crippen molar-refractivity contribution in [2.75, 3.05) is 0 Å². The Balaban J connectivity index is 2.21. The maximum atomic E-state index is 2.37. The average Bonchev–Trinajstić information content (AvgIpc) is 2.79. The summed E-state index contributed by atoms with van der Waals surface area (Å²) in [6.07, 6.45) is 4.29. The molecule has 2 aliphatic carbocycles. The van der Waals surface area contributed by atoms with Gasteiger partial charge in [-0.1, -0.05) is 31.2 Å². The van der Waals surface area contributed by atoms with Crippen LogP contribution in [0.1, 0.15) is 43.2 Å². The second-order valence-corrected chi connectivity index (χ2v) is 4.47. The first-order chi connectivity index (χ1) is 5.82. The van der Waals surface area contributed by atoms with Gasteiger partial charge in [-0.3, -0.25) is 0 Å². The van der Waals surface area contributed by atoms with Crippen LogP contribution in [0.3, 0.4) is 0 Å². The molecule has 1 spiro atoms. The van der Waals surface area contributed by atoms with Gasteiger partial charge in [0.2, 0.25) is 0 Å². The van der Waals surface area contributed by atoms with E-state index in [0.717, 1.165) is 5.92 Å². The third-order valence-corrected chi connectivity index (χ3v) is 3.61. The van der Waals surface area contributed by atoms with E-state index in [9.17, 15) is 0 Å². The summed E-state index contributed by atoms with van der Waals surface area (Å²) in [5, 5.41) is 0. The molecule has 1 fully saturated rings. The lowest BCUT2D eigenvalue weighted by atomic mass is 9.99. The van der Waals surface area contributed by atoms with Crippen LogP contribution in [0, 0.1) is 0 Å². The highest BCUT2D eigenvalue weighted by molar-refractivity contribution is 5.45. The van der Waals surface area contributed by atoms with Gasteiger partial charge in [-0.15, -0.1) is 0 Å². The summed E-state index contributed by atoms with van der Waals surface area (Å²) in [6.45, 7) is 2.37. The van der Waals surface area contributed by atoms with Gasteiger partial charge in [0.25, 0.3) is 0 Å². The van der Waals surface area contributed by atoms with Crippen molar-refractivity contribution < 1.29 is 0 Å². The van der Waals surface area contributed by atoms with E-state index in [-0.39, 0.29) is 0 Å². The molecule has 1 atom stereocenters. The molecule has 0 amide bonds. The lowest BCUT2D eigenvalue weighted by Crippen LogP contribution is -1.98. The van der Waals surface area contributed by atoms with E-state index in [0.29, 0.717) is 5.41 Å². The fourth-order valence-corrected chi connectivity index (χ4v) is 2.84. The Morgan fingerprint density at radius 3 is 2.75 bits per heavy atom. The Labute approximate surface area is 73.6 Å². The van der Waals surface area contributed by atoms with Gasteiger partial charge in [0.15, 0.2) is 0 Å². The van der Waals surface area contributed by atoms with E-state index in [1.807, 2.05) is 0 Å². The van der Waals surface area contributed by atoms with E-state index in [1.54, 1.807) is 11.1 Å². The normalized spacial score (nSPS) is 28.9. The zero-order valence-electron chi connectivity index (χ0n) is 7.51. The number of hydrogen-bond acceptors (Lipinski definition) is 0. The zero-order valence-corrected chi connectivity index (χ0v) is 7.51. The highest BCUT2D eigenvalue weighted by Crippen LogP contribution is 2.60. The van der Waals surface area contributed by atoms with Crippen LogP contribution >= 0.6 is 0 Å². The summed E-state index contributed by atoms with van der Waals surface area (Å²) >= 11 is 0. The van der Waals surface area contributed by atoms with Crippen molar-refractivity contribution in [2.45, 2.75) is 37.5 Å². The van der Waals surface area contributed by atoms with Crippen LogP contribution in [0.15, 0.2) is 24.3 Å². The maximum Gasteiger partial charge on any atom is -0.00378 e. The van der Waals surface area contributed by atoms with Crippen molar-refractivity contribution in [2.24, 2.45) is 0 Å². The largest absolute Gasteiger partial charge is 0.0620 e. The summed E-state index contributed by atoms with van der Waals surface area (Å²) in [6, 6.07) is 9.02. The molecule has 1 unspecified atom stereocenters. The molecule has 0 radical (unpaired) electrons. The van der Waals surface area contributed by atoms with Gasteiger partial charge in [0.1, 0.15) is 0 Å². The molecule has 0 aromatic heterocycles. The minimum atomic E-state index is 0.649. The summed E-state index contributed by atoms with van der Waals surface area (Å²) in [7, 11) is 0. The van der Waals surface area contributed by atoms with Crippen LogP contribution in [0.4, 0.5) is 0 Å². The molecule has 1 saturated carbocycles. The summed E-state index contributed by atoms with van der Waals surface area (Å²) in [5.41, 5.74) is 3.93. The second kappa shape index (κ2) is 1.93. The van der Waals surface area contributed by atoms with Crippen molar-refractivity contribution in [1.82, 2.24) is 0 Å². The number of rotatable bonds is 0. The first kappa shape index (κ1) is 6.71. The maximum absolute atomic E-state index is 2.37. The van der Waals surface area contributed by atoms with Crippen LogP contribution < -0.4 is 0 Å². The van der Waals surface area contributed by atoms with Crippen molar-refractivity contribution >= 4 is 0 Å². The molecule has 0 nitrogen and oxygen atoms in total. The minimum Gasteiger partial charge on any atom is -0.0620 e. The van der Waals surface area contributed by atoms with E-state index in [1.165, 1.54) is 19.3 Å². The van der Waals surface area contributed by atoms with Crippen LogP contribution in [0.25, 0.3) is 0 Å². The zero-order chi connectivity index (χ0) is 8.18.